The van der Waals surface area contributed by atoms with Gasteiger partial charge in [0.1, 0.15) is 5.82 Å². The summed E-state index contributed by atoms with van der Waals surface area (Å²) in [5.41, 5.74) is 6.71. The van der Waals surface area contributed by atoms with Gasteiger partial charge in [0.2, 0.25) is 0 Å². The van der Waals surface area contributed by atoms with Crippen molar-refractivity contribution in [2.24, 2.45) is 5.73 Å². The minimum atomic E-state index is -0.115. The van der Waals surface area contributed by atoms with E-state index in [2.05, 4.69) is 10.3 Å². The summed E-state index contributed by atoms with van der Waals surface area (Å²) in [6, 6.07) is 4.31. The molecule has 1 heterocycles. The molecule has 88 valence electrons. The average molecular weight is 221 g/mol. The summed E-state index contributed by atoms with van der Waals surface area (Å²) in [5, 5.41) is 12.8. The van der Waals surface area contributed by atoms with Crippen LogP contribution in [0.25, 0.3) is 0 Å². The number of pyridine rings is 1. The number of nitrogens with zero attached hydrogens (tertiary/aromatic N) is 1. The molecule has 1 saturated carbocycles. The highest BCUT2D eigenvalue weighted by Gasteiger charge is 2.19. The molecule has 0 amide bonds. The van der Waals surface area contributed by atoms with Crippen LogP contribution in [0.2, 0.25) is 0 Å². The Morgan fingerprint density at radius 3 is 2.81 bits per heavy atom. The average Bonchev–Trinajstić information content (AvgIpc) is 2.33. The molecular weight excluding hydrogens is 202 g/mol. The van der Waals surface area contributed by atoms with Crippen molar-refractivity contribution in [2.45, 2.75) is 44.4 Å². The van der Waals surface area contributed by atoms with Crippen LogP contribution in [-0.2, 0) is 6.54 Å². The van der Waals surface area contributed by atoms with E-state index in [1.54, 1.807) is 6.20 Å². The van der Waals surface area contributed by atoms with Crippen LogP contribution in [0.15, 0.2) is 18.3 Å². The Hall–Kier alpha value is -1.13. The molecule has 4 N–H and O–H groups in total. The fourth-order valence-electron chi connectivity index (χ4n) is 2.15. The molecule has 0 saturated heterocycles. The first-order valence-electron chi connectivity index (χ1n) is 5.88. The molecular formula is C12H19N3O. The number of aliphatic hydroxyl groups excluding tert-OH is 1. The van der Waals surface area contributed by atoms with Gasteiger partial charge in [0.15, 0.2) is 0 Å². The highest BCUT2D eigenvalue weighted by molar-refractivity contribution is 5.44. The van der Waals surface area contributed by atoms with Gasteiger partial charge in [-0.3, -0.25) is 0 Å². The van der Waals surface area contributed by atoms with E-state index >= 15 is 0 Å². The van der Waals surface area contributed by atoms with Crippen LogP contribution in [0.5, 0.6) is 0 Å². The monoisotopic (exact) mass is 221 g/mol. The van der Waals surface area contributed by atoms with Crippen molar-refractivity contribution in [1.29, 1.82) is 0 Å². The highest BCUT2D eigenvalue weighted by atomic mass is 16.3. The first-order chi connectivity index (χ1) is 7.79. The molecule has 1 fully saturated rings. The molecule has 0 bridgehead atoms. The van der Waals surface area contributed by atoms with Gasteiger partial charge in [0.25, 0.3) is 0 Å². The van der Waals surface area contributed by atoms with E-state index in [0.29, 0.717) is 12.6 Å². The lowest BCUT2D eigenvalue weighted by Gasteiger charge is -2.27. The van der Waals surface area contributed by atoms with Crippen molar-refractivity contribution in [3.8, 4) is 0 Å². The fourth-order valence-corrected chi connectivity index (χ4v) is 2.15. The first-order valence-corrected chi connectivity index (χ1v) is 5.88. The number of aliphatic hydroxyl groups is 1. The van der Waals surface area contributed by atoms with Crippen molar-refractivity contribution >= 4 is 5.82 Å². The second kappa shape index (κ2) is 5.27. The Balaban J connectivity index is 1.98. The van der Waals surface area contributed by atoms with E-state index in [0.717, 1.165) is 37.1 Å². The molecule has 4 nitrogen and oxygen atoms in total. The Bertz CT molecular complexity index is 335. The van der Waals surface area contributed by atoms with Crippen molar-refractivity contribution in [2.75, 3.05) is 5.32 Å². The predicted molar refractivity (Wildman–Crippen MR) is 64.0 cm³/mol. The number of nitrogens with two attached hydrogens (primary N) is 1. The van der Waals surface area contributed by atoms with Gasteiger partial charge in [0.05, 0.1) is 6.10 Å². The summed E-state index contributed by atoms with van der Waals surface area (Å²) in [6.07, 6.45) is 5.42. The predicted octanol–water partition coefficient (Wildman–Crippen LogP) is 1.26. The van der Waals surface area contributed by atoms with Gasteiger partial charge >= 0.3 is 0 Å². The summed E-state index contributed by atoms with van der Waals surface area (Å²) < 4.78 is 0. The molecule has 16 heavy (non-hydrogen) atoms. The van der Waals surface area contributed by atoms with Gasteiger partial charge in [-0.05, 0) is 31.7 Å². The van der Waals surface area contributed by atoms with Crippen LogP contribution in [0.4, 0.5) is 5.82 Å². The lowest BCUT2D eigenvalue weighted by molar-refractivity contribution is 0.126. The third kappa shape index (κ3) is 2.71. The Morgan fingerprint density at radius 1 is 1.38 bits per heavy atom. The van der Waals surface area contributed by atoms with Gasteiger partial charge in [-0.25, -0.2) is 4.98 Å². The Morgan fingerprint density at radius 2 is 2.12 bits per heavy atom. The summed E-state index contributed by atoms with van der Waals surface area (Å²) in [4.78, 5) is 4.31. The maximum absolute atomic E-state index is 9.43. The van der Waals surface area contributed by atoms with Crippen LogP contribution < -0.4 is 11.1 Å². The van der Waals surface area contributed by atoms with E-state index in [1.807, 2.05) is 12.1 Å². The molecule has 0 unspecified atom stereocenters. The normalized spacial score (nSPS) is 25.4. The summed E-state index contributed by atoms with van der Waals surface area (Å²) >= 11 is 0. The molecule has 0 aromatic carbocycles. The van der Waals surface area contributed by atoms with Crippen LogP contribution in [0, 0.1) is 0 Å². The van der Waals surface area contributed by atoms with Gasteiger partial charge in [0, 0.05) is 24.3 Å². The second-order valence-corrected chi connectivity index (χ2v) is 4.37. The van der Waals surface area contributed by atoms with E-state index in [9.17, 15) is 5.11 Å². The maximum Gasteiger partial charge on any atom is 0.130 e. The van der Waals surface area contributed by atoms with Gasteiger partial charge in [-0.2, -0.15) is 0 Å². The zero-order chi connectivity index (χ0) is 11.4. The van der Waals surface area contributed by atoms with Crippen LogP contribution >= 0.6 is 0 Å². The highest BCUT2D eigenvalue weighted by Crippen LogP contribution is 2.22. The number of anilines is 1. The topological polar surface area (TPSA) is 71.2 Å². The smallest absolute Gasteiger partial charge is 0.130 e. The number of rotatable bonds is 3. The van der Waals surface area contributed by atoms with Gasteiger partial charge in [-0.1, -0.05) is 6.07 Å². The Labute approximate surface area is 95.9 Å². The fraction of sp³-hybridized carbons (Fsp3) is 0.583. The van der Waals surface area contributed by atoms with Crippen molar-refractivity contribution < 1.29 is 5.11 Å². The van der Waals surface area contributed by atoms with Crippen molar-refractivity contribution in [3.63, 3.8) is 0 Å². The maximum atomic E-state index is 9.43. The molecule has 0 spiro atoms. The quantitative estimate of drug-likeness (QED) is 0.718. The van der Waals surface area contributed by atoms with Crippen molar-refractivity contribution in [3.05, 3.63) is 23.9 Å². The molecule has 0 atom stereocenters. The molecule has 1 aromatic rings. The summed E-state index contributed by atoms with van der Waals surface area (Å²) in [6.45, 7) is 0.505. The third-order valence-electron chi connectivity index (χ3n) is 3.15. The molecule has 1 aromatic heterocycles. The lowest BCUT2D eigenvalue weighted by Crippen LogP contribution is -2.29. The van der Waals surface area contributed by atoms with E-state index in [4.69, 9.17) is 5.73 Å². The van der Waals surface area contributed by atoms with E-state index in [1.165, 1.54) is 0 Å². The molecule has 0 radical (unpaired) electrons. The number of aromatic nitrogens is 1. The van der Waals surface area contributed by atoms with Gasteiger partial charge in [-0.15, -0.1) is 0 Å². The molecule has 2 rings (SSSR count). The number of hydrogen-bond donors (Lipinski definition) is 3. The third-order valence-corrected chi connectivity index (χ3v) is 3.15. The van der Waals surface area contributed by atoms with E-state index < -0.39 is 0 Å². The largest absolute Gasteiger partial charge is 0.393 e. The molecule has 0 aliphatic heterocycles. The second-order valence-electron chi connectivity index (χ2n) is 4.37. The van der Waals surface area contributed by atoms with E-state index in [-0.39, 0.29) is 6.10 Å². The molecule has 1 aliphatic carbocycles. The SMILES string of the molecule is NCc1cccnc1NC1CCC(O)CC1. The lowest BCUT2D eigenvalue weighted by atomic mass is 9.93. The minimum absolute atomic E-state index is 0.115. The van der Waals surface area contributed by atoms with Crippen LogP contribution in [-0.4, -0.2) is 22.2 Å². The van der Waals surface area contributed by atoms with Crippen molar-refractivity contribution in [1.82, 2.24) is 4.98 Å². The zero-order valence-corrected chi connectivity index (χ0v) is 9.39. The summed E-state index contributed by atoms with van der Waals surface area (Å²) in [7, 11) is 0. The molecule has 4 heteroatoms. The minimum Gasteiger partial charge on any atom is -0.393 e. The summed E-state index contributed by atoms with van der Waals surface area (Å²) in [5.74, 6) is 0.895. The Kier molecular flexibility index (Phi) is 3.74. The number of nitrogens with one attached hydrogen (secondary N) is 1. The standard InChI is InChI=1S/C12H19N3O/c13-8-9-2-1-7-14-12(9)15-10-3-5-11(16)6-4-10/h1-2,7,10-11,16H,3-6,8,13H2,(H,14,15). The van der Waals surface area contributed by atoms with Gasteiger partial charge < -0.3 is 16.2 Å². The zero-order valence-electron chi connectivity index (χ0n) is 9.39. The van der Waals surface area contributed by atoms with Crippen LogP contribution in [0.1, 0.15) is 31.2 Å². The van der Waals surface area contributed by atoms with Crippen LogP contribution in [0.3, 0.4) is 0 Å². The molecule has 1 aliphatic rings. The first kappa shape index (κ1) is 11.4. The number of hydrogen-bond acceptors (Lipinski definition) is 4.